The molecule has 4 bridgehead atoms. The summed E-state index contributed by atoms with van der Waals surface area (Å²) in [6.45, 7) is 0. The van der Waals surface area contributed by atoms with Gasteiger partial charge in [0.25, 0.3) is 0 Å². The highest BCUT2D eigenvalue weighted by molar-refractivity contribution is 9.10. The molecule has 4 aliphatic rings. The van der Waals surface area contributed by atoms with Crippen LogP contribution >= 0.6 is 15.9 Å². The van der Waals surface area contributed by atoms with Gasteiger partial charge in [-0.05, 0) is 84.8 Å². The lowest BCUT2D eigenvalue weighted by Crippen LogP contribution is -2.58. The van der Waals surface area contributed by atoms with Gasteiger partial charge in [-0.15, -0.1) is 0 Å². The molecule has 6 rings (SSSR count). The molecule has 4 fully saturated rings. The first-order valence-electron chi connectivity index (χ1n) is 11.7. The molecule has 2 saturated carbocycles. The van der Waals surface area contributed by atoms with E-state index >= 15 is 0 Å². The second-order valence-corrected chi connectivity index (χ2v) is 10.8. The number of benzene rings is 1. The lowest BCUT2D eigenvalue weighted by atomic mass is 9.68. The second kappa shape index (κ2) is 7.12. The Labute approximate surface area is 177 Å². The molecule has 4 atom stereocenters. The number of imidazole rings is 1. The van der Waals surface area contributed by atoms with Crippen molar-refractivity contribution >= 4 is 27.0 Å². The second-order valence-electron chi connectivity index (χ2n) is 10.1. The predicted molar refractivity (Wildman–Crippen MR) is 117 cm³/mol. The van der Waals surface area contributed by atoms with Gasteiger partial charge < -0.3 is 4.57 Å². The SMILES string of the molecule is Brc1nc2ccccc2n1C1CC2CCCC(C1)N2C1CC2CCCC(C2)C1. The van der Waals surface area contributed by atoms with E-state index in [1.165, 1.54) is 76.1 Å². The number of rotatable bonds is 2. The van der Waals surface area contributed by atoms with Crippen molar-refractivity contribution in [3.63, 3.8) is 0 Å². The summed E-state index contributed by atoms with van der Waals surface area (Å²) in [5, 5.41) is 0. The van der Waals surface area contributed by atoms with Crippen molar-refractivity contribution in [2.75, 3.05) is 0 Å². The van der Waals surface area contributed by atoms with Gasteiger partial charge in [0, 0.05) is 24.2 Å². The molecule has 3 heterocycles. The van der Waals surface area contributed by atoms with Gasteiger partial charge in [-0.2, -0.15) is 0 Å². The first kappa shape index (κ1) is 17.9. The minimum absolute atomic E-state index is 0.594. The number of fused-ring (bicyclic) bond motifs is 5. The summed E-state index contributed by atoms with van der Waals surface area (Å²) in [4.78, 5) is 7.85. The van der Waals surface area contributed by atoms with E-state index in [4.69, 9.17) is 4.98 Å². The molecule has 0 N–H and O–H groups in total. The summed E-state index contributed by atoms with van der Waals surface area (Å²) in [5.74, 6) is 2.06. The van der Waals surface area contributed by atoms with Crippen molar-refractivity contribution in [1.82, 2.24) is 14.5 Å². The zero-order valence-electron chi connectivity index (χ0n) is 16.8. The molecule has 0 spiro atoms. The van der Waals surface area contributed by atoms with Gasteiger partial charge in [0.2, 0.25) is 0 Å². The Hall–Kier alpha value is -0.870. The minimum Gasteiger partial charge on any atom is -0.315 e. The molecule has 150 valence electrons. The Bertz CT molecular complexity index is 835. The molecule has 2 aromatic rings. The van der Waals surface area contributed by atoms with Crippen molar-refractivity contribution in [2.45, 2.75) is 94.8 Å². The van der Waals surface area contributed by atoms with Crippen LogP contribution in [0, 0.1) is 11.8 Å². The van der Waals surface area contributed by atoms with E-state index in [1.807, 2.05) is 0 Å². The van der Waals surface area contributed by atoms with Crippen LogP contribution in [0.1, 0.15) is 76.7 Å². The smallest absolute Gasteiger partial charge is 0.178 e. The van der Waals surface area contributed by atoms with Gasteiger partial charge in [-0.3, -0.25) is 4.90 Å². The van der Waals surface area contributed by atoms with Gasteiger partial charge in [-0.25, -0.2) is 4.98 Å². The van der Waals surface area contributed by atoms with Crippen LogP contribution in [0.3, 0.4) is 0 Å². The van der Waals surface area contributed by atoms with Crippen molar-refractivity contribution in [1.29, 1.82) is 0 Å². The highest BCUT2D eigenvalue weighted by Gasteiger charge is 2.45. The van der Waals surface area contributed by atoms with E-state index < -0.39 is 0 Å². The summed E-state index contributed by atoms with van der Waals surface area (Å²) in [6.07, 6.45) is 15.9. The van der Waals surface area contributed by atoms with Crippen LogP contribution in [0.5, 0.6) is 0 Å². The Kier molecular flexibility index (Phi) is 4.57. The number of hydrogen-bond donors (Lipinski definition) is 0. The fraction of sp³-hybridized carbons (Fsp3) is 0.708. The molecule has 4 unspecified atom stereocenters. The maximum atomic E-state index is 4.80. The molecule has 2 aliphatic heterocycles. The summed E-state index contributed by atoms with van der Waals surface area (Å²) in [5.41, 5.74) is 2.43. The van der Waals surface area contributed by atoms with E-state index in [2.05, 4.69) is 49.7 Å². The fourth-order valence-electron chi connectivity index (χ4n) is 7.50. The Morgan fingerprint density at radius 3 is 2.18 bits per heavy atom. The van der Waals surface area contributed by atoms with Crippen LogP contribution in [-0.4, -0.2) is 32.6 Å². The third-order valence-corrected chi connectivity index (χ3v) is 9.01. The van der Waals surface area contributed by atoms with Crippen LogP contribution in [0.4, 0.5) is 0 Å². The van der Waals surface area contributed by atoms with Crippen molar-refractivity contribution < 1.29 is 0 Å². The number of piperidine rings is 2. The molecule has 3 nitrogen and oxygen atoms in total. The predicted octanol–water partition coefficient (Wildman–Crippen LogP) is 6.33. The van der Waals surface area contributed by atoms with Crippen LogP contribution in [0.25, 0.3) is 11.0 Å². The van der Waals surface area contributed by atoms with E-state index in [-0.39, 0.29) is 0 Å². The molecule has 28 heavy (non-hydrogen) atoms. The van der Waals surface area contributed by atoms with E-state index in [0.29, 0.717) is 6.04 Å². The molecule has 2 saturated heterocycles. The molecule has 0 amide bonds. The summed E-state index contributed by atoms with van der Waals surface area (Å²) < 4.78 is 3.53. The first-order chi connectivity index (χ1) is 13.8. The average Bonchev–Trinajstić information content (AvgIpc) is 3.02. The third-order valence-electron chi connectivity index (χ3n) is 8.45. The molecular formula is C24H32BrN3. The monoisotopic (exact) mass is 441 g/mol. The highest BCUT2D eigenvalue weighted by Crippen LogP contribution is 2.48. The van der Waals surface area contributed by atoms with Gasteiger partial charge in [-0.1, -0.05) is 37.8 Å². The van der Waals surface area contributed by atoms with Crippen molar-refractivity contribution in [2.24, 2.45) is 11.8 Å². The molecule has 1 aromatic carbocycles. The number of nitrogens with zero attached hydrogens (tertiary/aromatic N) is 3. The van der Waals surface area contributed by atoms with Crippen LogP contribution in [-0.2, 0) is 0 Å². The van der Waals surface area contributed by atoms with E-state index in [9.17, 15) is 0 Å². The molecule has 1 aromatic heterocycles. The Balaban J connectivity index is 1.28. The van der Waals surface area contributed by atoms with Gasteiger partial charge in [0.05, 0.1) is 11.0 Å². The van der Waals surface area contributed by atoms with Crippen LogP contribution < -0.4 is 0 Å². The zero-order chi connectivity index (χ0) is 18.7. The summed E-state index contributed by atoms with van der Waals surface area (Å²) in [6, 6.07) is 11.7. The van der Waals surface area contributed by atoms with Crippen LogP contribution in [0.2, 0.25) is 0 Å². The highest BCUT2D eigenvalue weighted by atomic mass is 79.9. The topological polar surface area (TPSA) is 21.1 Å². The maximum Gasteiger partial charge on any atom is 0.178 e. The number of halogens is 1. The molecular weight excluding hydrogens is 410 g/mol. The van der Waals surface area contributed by atoms with E-state index in [1.54, 1.807) is 0 Å². The van der Waals surface area contributed by atoms with Crippen LogP contribution in [0.15, 0.2) is 29.0 Å². The molecule has 2 aliphatic carbocycles. The lowest BCUT2D eigenvalue weighted by molar-refractivity contribution is -0.0484. The molecule has 4 heteroatoms. The summed E-state index contributed by atoms with van der Waals surface area (Å²) >= 11 is 3.79. The van der Waals surface area contributed by atoms with E-state index in [0.717, 1.165) is 40.2 Å². The Morgan fingerprint density at radius 1 is 0.750 bits per heavy atom. The van der Waals surface area contributed by atoms with Gasteiger partial charge in [0.1, 0.15) is 0 Å². The first-order valence-corrected chi connectivity index (χ1v) is 12.5. The van der Waals surface area contributed by atoms with Gasteiger partial charge in [0.15, 0.2) is 4.73 Å². The maximum absolute atomic E-state index is 4.80. The quantitative estimate of drug-likeness (QED) is 0.542. The largest absolute Gasteiger partial charge is 0.315 e. The Morgan fingerprint density at radius 2 is 1.43 bits per heavy atom. The summed E-state index contributed by atoms with van der Waals surface area (Å²) in [7, 11) is 0. The zero-order valence-corrected chi connectivity index (χ0v) is 18.4. The molecule has 0 radical (unpaired) electrons. The third kappa shape index (κ3) is 2.98. The standard InChI is InChI=1S/C24H32BrN3/c25-24-26-22-9-1-2-10-23(22)28(24)21-14-18-7-4-8-19(15-21)27(18)20-12-16-5-3-6-17(11-16)13-20/h1-2,9-10,16-21H,3-8,11-15H2. The number of para-hydroxylation sites is 2. The van der Waals surface area contributed by atoms with Gasteiger partial charge >= 0.3 is 0 Å². The normalized spacial score (nSPS) is 38.6. The minimum atomic E-state index is 0.594. The lowest BCUT2D eigenvalue weighted by Gasteiger charge is -2.55. The van der Waals surface area contributed by atoms with Crippen molar-refractivity contribution in [3.05, 3.63) is 29.0 Å². The van der Waals surface area contributed by atoms with Crippen molar-refractivity contribution in [3.8, 4) is 0 Å². The number of hydrogen-bond acceptors (Lipinski definition) is 2. The average molecular weight is 442 g/mol. The number of aromatic nitrogens is 2. The fourth-order valence-corrected chi connectivity index (χ4v) is 8.17.